The highest BCUT2D eigenvalue weighted by Crippen LogP contribution is 2.29. The first-order chi connectivity index (χ1) is 13.7. The van der Waals surface area contributed by atoms with Gasteiger partial charge in [-0.05, 0) is 56.2 Å². The Labute approximate surface area is 179 Å². The molecular weight excluding hydrogens is 410 g/mol. The van der Waals surface area contributed by atoms with Gasteiger partial charge in [0.1, 0.15) is 0 Å². The number of piperidine rings is 2. The van der Waals surface area contributed by atoms with Gasteiger partial charge in [0.2, 0.25) is 15.9 Å². The number of anilines is 1. The maximum Gasteiger partial charge on any atom is 0.243 e. The number of rotatable bonds is 5. The van der Waals surface area contributed by atoms with Gasteiger partial charge in [-0.2, -0.15) is 4.31 Å². The van der Waals surface area contributed by atoms with Crippen molar-refractivity contribution < 1.29 is 13.2 Å². The minimum absolute atomic E-state index is 0.166. The predicted octanol–water partition coefficient (Wildman–Crippen LogP) is 3.82. The number of sulfonamides is 1. The number of hydrogen-bond donors (Lipinski definition) is 1. The molecule has 0 spiro atoms. The lowest BCUT2D eigenvalue weighted by Crippen LogP contribution is -2.48. The van der Waals surface area contributed by atoms with Gasteiger partial charge in [0.15, 0.2) is 0 Å². The van der Waals surface area contributed by atoms with Crippen LogP contribution in [-0.2, 0) is 14.8 Å². The molecule has 6 nitrogen and oxygen atoms in total. The third kappa shape index (κ3) is 5.32. The van der Waals surface area contributed by atoms with Gasteiger partial charge >= 0.3 is 0 Å². The molecule has 2 aliphatic rings. The highest BCUT2D eigenvalue weighted by molar-refractivity contribution is 7.89. The van der Waals surface area contributed by atoms with E-state index in [4.69, 9.17) is 11.6 Å². The predicted molar refractivity (Wildman–Crippen MR) is 117 cm³/mol. The molecule has 2 heterocycles. The van der Waals surface area contributed by atoms with Crippen LogP contribution in [0.3, 0.4) is 0 Å². The average Bonchev–Trinajstić information content (AvgIpc) is 2.68. The molecule has 29 heavy (non-hydrogen) atoms. The molecule has 8 heteroatoms. The molecular formula is C21H32ClN3O3S. The highest BCUT2D eigenvalue weighted by Gasteiger charge is 2.30. The first-order valence-corrected chi connectivity index (χ1v) is 12.3. The monoisotopic (exact) mass is 441 g/mol. The number of hydrogen-bond acceptors (Lipinski definition) is 4. The lowest BCUT2D eigenvalue weighted by Gasteiger charge is -2.38. The van der Waals surface area contributed by atoms with Gasteiger partial charge in [-0.3, -0.25) is 9.69 Å². The third-order valence-corrected chi connectivity index (χ3v) is 8.20. The Bertz CT molecular complexity index is 830. The van der Waals surface area contributed by atoms with Gasteiger partial charge in [-0.25, -0.2) is 8.42 Å². The lowest BCUT2D eigenvalue weighted by molar-refractivity contribution is -0.121. The van der Waals surface area contributed by atoms with Crippen molar-refractivity contribution in [3.8, 4) is 0 Å². The first-order valence-electron chi connectivity index (χ1n) is 10.5. The van der Waals surface area contributed by atoms with Crippen LogP contribution in [0.1, 0.15) is 46.5 Å². The van der Waals surface area contributed by atoms with Crippen LogP contribution in [0, 0.1) is 11.8 Å². The van der Waals surface area contributed by atoms with Crippen molar-refractivity contribution in [3.05, 3.63) is 23.2 Å². The van der Waals surface area contributed by atoms with E-state index >= 15 is 0 Å². The van der Waals surface area contributed by atoms with E-state index in [2.05, 4.69) is 24.1 Å². The molecule has 3 rings (SSSR count). The number of nitrogens with one attached hydrogen (secondary N) is 1. The molecule has 2 fully saturated rings. The van der Waals surface area contributed by atoms with Crippen molar-refractivity contribution >= 4 is 33.2 Å². The van der Waals surface area contributed by atoms with Crippen molar-refractivity contribution in [1.29, 1.82) is 0 Å². The summed E-state index contributed by atoms with van der Waals surface area (Å²) in [7, 11) is -3.58. The second-order valence-corrected chi connectivity index (χ2v) is 11.0. The van der Waals surface area contributed by atoms with Crippen molar-refractivity contribution in [1.82, 2.24) is 9.21 Å². The Morgan fingerprint density at radius 3 is 2.38 bits per heavy atom. The average molecular weight is 442 g/mol. The van der Waals surface area contributed by atoms with E-state index in [1.807, 2.05) is 6.92 Å². The van der Waals surface area contributed by atoms with Crippen LogP contribution in [-0.4, -0.2) is 55.8 Å². The summed E-state index contributed by atoms with van der Waals surface area (Å²) in [5, 5.41) is 3.19. The molecule has 1 N–H and O–H groups in total. The summed E-state index contributed by atoms with van der Waals surface area (Å²) in [5.74, 6) is 0.937. The van der Waals surface area contributed by atoms with Gasteiger partial charge in [-0.15, -0.1) is 0 Å². The zero-order valence-corrected chi connectivity index (χ0v) is 19.1. The van der Waals surface area contributed by atoms with Crippen LogP contribution in [0.15, 0.2) is 23.1 Å². The summed E-state index contributed by atoms with van der Waals surface area (Å²) >= 11 is 6.28. The minimum atomic E-state index is -3.58. The summed E-state index contributed by atoms with van der Waals surface area (Å²) in [6.45, 7) is 9.15. The maximum atomic E-state index is 13.0. The van der Waals surface area contributed by atoms with E-state index in [1.54, 1.807) is 6.07 Å². The van der Waals surface area contributed by atoms with Gasteiger partial charge in [0, 0.05) is 26.2 Å². The quantitative estimate of drug-likeness (QED) is 0.754. The number of benzene rings is 1. The van der Waals surface area contributed by atoms with Gasteiger partial charge in [-0.1, -0.05) is 31.9 Å². The normalized spacial score (nSPS) is 25.5. The fourth-order valence-corrected chi connectivity index (χ4v) is 6.15. The largest absolute Gasteiger partial charge is 0.323 e. The second kappa shape index (κ2) is 9.33. The van der Waals surface area contributed by atoms with Gasteiger partial charge in [0.05, 0.1) is 21.6 Å². The van der Waals surface area contributed by atoms with E-state index in [1.165, 1.54) is 22.9 Å². The minimum Gasteiger partial charge on any atom is -0.323 e. The van der Waals surface area contributed by atoms with Crippen LogP contribution in [0.5, 0.6) is 0 Å². The summed E-state index contributed by atoms with van der Waals surface area (Å²) < 4.78 is 27.4. The Hall–Kier alpha value is -1.15. The molecule has 2 saturated heterocycles. The molecule has 0 saturated carbocycles. The Morgan fingerprint density at radius 2 is 1.76 bits per heavy atom. The molecule has 0 radical (unpaired) electrons. The maximum absolute atomic E-state index is 13.0. The summed E-state index contributed by atoms with van der Waals surface area (Å²) in [4.78, 5) is 15.2. The zero-order chi connectivity index (χ0) is 21.2. The number of carbonyl (C=O) groups is 1. The van der Waals surface area contributed by atoms with Crippen molar-refractivity contribution in [2.45, 2.75) is 57.4 Å². The van der Waals surface area contributed by atoms with Crippen molar-refractivity contribution in [2.24, 2.45) is 11.8 Å². The second-order valence-electron chi connectivity index (χ2n) is 8.67. The number of amides is 1. The molecule has 0 unspecified atom stereocenters. The summed E-state index contributed by atoms with van der Waals surface area (Å²) in [6.07, 6.45) is 3.98. The topological polar surface area (TPSA) is 69.7 Å². The standard InChI is InChI=1S/C21H32ClN3O3S/c1-15-11-16(2)14-24(13-15)17(3)21(26)23-20-12-18(7-8-19(20)22)29(27,28)25-9-5-4-6-10-25/h7-8,12,15-17H,4-6,9-11,13-14H2,1-3H3,(H,23,26)/t15-,16+,17-/m0/s1. The van der Waals surface area contributed by atoms with E-state index in [9.17, 15) is 13.2 Å². The molecule has 162 valence electrons. The molecule has 3 atom stereocenters. The van der Waals surface area contributed by atoms with Crippen LogP contribution in [0.25, 0.3) is 0 Å². The SMILES string of the molecule is C[C@@H]1C[C@H](C)CN([C@@H](C)C(=O)Nc2cc(S(=O)(=O)N3CCCCC3)ccc2Cl)C1. The van der Waals surface area contributed by atoms with Crippen LogP contribution in [0.4, 0.5) is 5.69 Å². The van der Waals surface area contributed by atoms with Crippen LogP contribution < -0.4 is 5.32 Å². The number of carbonyl (C=O) groups excluding carboxylic acids is 1. The van der Waals surface area contributed by atoms with Gasteiger partial charge < -0.3 is 5.32 Å². The number of halogens is 1. The summed E-state index contributed by atoms with van der Waals surface area (Å²) in [5.41, 5.74) is 0.347. The van der Waals surface area contributed by atoms with E-state index in [-0.39, 0.29) is 16.8 Å². The lowest BCUT2D eigenvalue weighted by atomic mass is 9.91. The van der Waals surface area contributed by atoms with E-state index in [0.717, 1.165) is 32.4 Å². The fraction of sp³-hybridized carbons (Fsp3) is 0.667. The molecule has 0 bridgehead atoms. The van der Waals surface area contributed by atoms with Crippen molar-refractivity contribution in [2.75, 3.05) is 31.5 Å². The van der Waals surface area contributed by atoms with Crippen LogP contribution >= 0.6 is 11.6 Å². The van der Waals surface area contributed by atoms with E-state index < -0.39 is 10.0 Å². The number of likely N-dealkylation sites (tertiary alicyclic amines) is 1. The molecule has 0 aromatic heterocycles. The number of nitrogens with zero attached hydrogens (tertiary/aromatic N) is 2. The molecule has 1 aromatic carbocycles. The Kier molecular flexibility index (Phi) is 7.25. The Morgan fingerprint density at radius 1 is 1.14 bits per heavy atom. The molecule has 0 aliphatic carbocycles. The first kappa shape index (κ1) is 22.5. The Balaban J connectivity index is 1.75. The van der Waals surface area contributed by atoms with Crippen molar-refractivity contribution in [3.63, 3.8) is 0 Å². The van der Waals surface area contributed by atoms with Gasteiger partial charge in [0.25, 0.3) is 0 Å². The zero-order valence-electron chi connectivity index (χ0n) is 17.5. The van der Waals surface area contributed by atoms with Crippen LogP contribution in [0.2, 0.25) is 5.02 Å². The fourth-order valence-electron chi connectivity index (χ4n) is 4.45. The molecule has 1 aromatic rings. The highest BCUT2D eigenvalue weighted by atomic mass is 35.5. The third-order valence-electron chi connectivity index (χ3n) is 5.97. The molecule has 1 amide bonds. The summed E-state index contributed by atoms with van der Waals surface area (Å²) in [6, 6.07) is 4.24. The van der Waals surface area contributed by atoms with E-state index in [0.29, 0.717) is 35.6 Å². The smallest absolute Gasteiger partial charge is 0.243 e. The molecule has 2 aliphatic heterocycles.